The molecule has 0 aliphatic heterocycles. The van der Waals surface area contributed by atoms with Crippen LogP contribution in [0.1, 0.15) is 44.1 Å². The molecule has 0 radical (unpaired) electrons. The predicted molar refractivity (Wildman–Crippen MR) is 69.0 cm³/mol. The van der Waals surface area contributed by atoms with Gasteiger partial charge in [-0.25, -0.2) is 0 Å². The van der Waals surface area contributed by atoms with Crippen molar-refractivity contribution >= 4 is 5.69 Å². The highest BCUT2D eigenvalue weighted by atomic mass is 16.6. The summed E-state index contributed by atoms with van der Waals surface area (Å²) in [6.45, 7) is 2.86. The predicted octanol–water partition coefficient (Wildman–Crippen LogP) is 3.22. The molecule has 94 valence electrons. The Balaban J connectivity index is 2.75. The number of nitro benzene ring substituents is 1. The third-order valence-corrected chi connectivity index (χ3v) is 2.97. The molecule has 0 aliphatic carbocycles. The molecule has 1 aromatic rings. The zero-order chi connectivity index (χ0) is 12.7. The minimum Gasteiger partial charge on any atom is -0.330 e. The van der Waals surface area contributed by atoms with Crippen LogP contribution in [0.25, 0.3) is 0 Å². The van der Waals surface area contributed by atoms with Gasteiger partial charge in [0, 0.05) is 12.1 Å². The van der Waals surface area contributed by atoms with Crippen molar-refractivity contribution < 1.29 is 4.92 Å². The van der Waals surface area contributed by atoms with Gasteiger partial charge in [0.15, 0.2) is 0 Å². The number of hydrogen-bond acceptors (Lipinski definition) is 3. The molecule has 0 bridgehead atoms. The van der Waals surface area contributed by atoms with Gasteiger partial charge in [0.2, 0.25) is 0 Å². The molecule has 17 heavy (non-hydrogen) atoms. The highest BCUT2D eigenvalue weighted by Gasteiger charge is 2.12. The van der Waals surface area contributed by atoms with Gasteiger partial charge in [-0.1, -0.05) is 25.5 Å². The maximum absolute atomic E-state index is 10.6. The molecule has 1 rings (SSSR count). The van der Waals surface area contributed by atoms with Crippen LogP contribution in [0.3, 0.4) is 0 Å². The van der Waals surface area contributed by atoms with Crippen molar-refractivity contribution in [2.75, 3.05) is 6.54 Å². The van der Waals surface area contributed by atoms with Crippen LogP contribution in [-0.2, 0) is 0 Å². The number of rotatable bonds is 7. The first-order valence-electron chi connectivity index (χ1n) is 6.13. The largest absolute Gasteiger partial charge is 0.330 e. The van der Waals surface area contributed by atoms with Crippen molar-refractivity contribution in [2.45, 2.75) is 38.5 Å². The first-order valence-corrected chi connectivity index (χ1v) is 6.13. The normalized spacial score (nSPS) is 12.4. The third kappa shape index (κ3) is 4.15. The lowest BCUT2D eigenvalue weighted by atomic mass is 9.90. The maximum Gasteiger partial charge on any atom is 0.269 e. The summed E-state index contributed by atoms with van der Waals surface area (Å²) in [6, 6.07) is 6.91. The van der Waals surface area contributed by atoms with E-state index in [1.807, 2.05) is 12.1 Å². The maximum atomic E-state index is 10.6. The fourth-order valence-corrected chi connectivity index (χ4v) is 2.06. The Hall–Kier alpha value is -1.42. The average molecular weight is 236 g/mol. The van der Waals surface area contributed by atoms with Crippen LogP contribution in [0.5, 0.6) is 0 Å². The van der Waals surface area contributed by atoms with Gasteiger partial charge in [-0.2, -0.15) is 0 Å². The number of non-ortho nitro benzene ring substituents is 1. The van der Waals surface area contributed by atoms with Gasteiger partial charge in [0.1, 0.15) is 0 Å². The number of nitro groups is 1. The summed E-state index contributed by atoms with van der Waals surface area (Å²) in [6.07, 6.45) is 4.29. The van der Waals surface area contributed by atoms with Crippen molar-refractivity contribution in [2.24, 2.45) is 5.73 Å². The number of nitrogens with zero attached hydrogens (tertiary/aromatic N) is 1. The van der Waals surface area contributed by atoms with Gasteiger partial charge in [-0.15, -0.1) is 0 Å². The molecule has 0 saturated carbocycles. The Morgan fingerprint density at radius 2 is 1.94 bits per heavy atom. The zero-order valence-electron chi connectivity index (χ0n) is 10.3. The second kappa shape index (κ2) is 7.01. The zero-order valence-corrected chi connectivity index (χ0v) is 10.3. The SMILES string of the molecule is CCCC(CCCN)c1ccc([N+](=O)[O-])cc1. The van der Waals surface area contributed by atoms with Gasteiger partial charge in [0.05, 0.1) is 4.92 Å². The Labute approximate surface area is 102 Å². The number of nitrogens with two attached hydrogens (primary N) is 1. The van der Waals surface area contributed by atoms with Crippen LogP contribution in [0.15, 0.2) is 24.3 Å². The van der Waals surface area contributed by atoms with Crippen LogP contribution in [0.2, 0.25) is 0 Å². The molecular weight excluding hydrogens is 216 g/mol. The smallest absolute Gasteiger partial charge is 0.269 e. The van der Waals surface area contributed by atoms with E-state index in [1.165, 1.54) is 5.56 Å². The summed E-state index contributed by atoms with van der Waals surface area (Å²) in [5.41, 5.74) is 6.87. The van der Waals surface area contributed by atoms with Gasteiger partial charge < -0.3 is 5.73 Å². The fraction of sp³-hybridized carbons (Fsp3) is 0.538. The molecular formula is C13H20N2O2. The van der Waals surface area contributed by atoms with Crippen molar-refractivity contribution in [3.05, 3.63) is 39.9 Å². The molecule has 1 unspecified atom stereocenters. The first-order chi connectivity index (χ1) is 8.19. The van der Waals surface area contributed by atoms with E-state index in [0.29, 0.717) is 12.5 Å². The molecule has 0 saturated heterocycles. The highest BCUT2D eigenvalue weighted by molar-refractivity contribution is 5.34. The minimum absolute atomic E-state index is 0.155. The summed E-state index contributed by atoms with van der Waals surface area (Å²) < 4.78 is 0. The van der Waals surface area contributed by atoms with Crippen LogP contribution in [0.4, 0.5) is 5.69 Å². The van der Waals surface area contributed by atoms with Gasteiger partial charge >= 0.3 is 0 Å². The second-order valence-corrected chi connectivity index (χ2v) is 4.27. The molecule has 0 aromatic heterocycles. The van der Waals surface area contributed by atoms with Crippen molar-refractivity contribution in [3.8, 4) is 0 Å². The third-order valence-electron chi connectivity index (χ3n) is 2.97. The molecule has 0 amide bonds. The lowest BCUT2D eigenvalue weighted by molar-refractivity contribution is -0.384. The van der Waals surface area contributed by atoms with E-state index in [4.69, 9.17) is 5.73 Å². The van der Waals surface area contributed by atoms with Gasteiger partial charge in [-0.05, 0) is 37.3 Å². The molecule has 1 atom stereocenters. The van der Waals surface area contributed by atoms with E-state index < -0.39 is 0 Å². The summed E-state index contributed by atoms with van der Waals surface area (Å²) in [5, 5.41) is 10.6. The minimum atomic E-state index is -0.363. The van der Waals surface area contributed by atoms with E-state index >= 15 is 0 Å². The monoisotopic (exact) mass is 236 g/mol. The summed E-state index contributed by atoms with van der Waals surface area (Å²) in [4.78, 5) is 10.2. The molecule has 2 N–H and O–H groups in total. The Kier molecular flexibility index (Phi) is 5.63. The van der Waals surface area contributed by atoms with E-state index in [1.54, 1.807) is 12.1 Å². The molecule has 4 nitrogen and oxygen atoms in total. The van der Waals surface area contributed by atoms with Crippen LogP contribution >= 0.6 is 0 Å². The quantitative estimate of drug-likeness (QED) is 0.583. The van der Waals surface area contributed by atoms with Crippen molar-refractivity contribution in [3.63, 3.8) is 0 Å². The van der Waals surface area contributed by atoms with Crippen LogP contribution in [-0.4, -0.2) is 11.5 Å². The molecule has 4 heteroatoms. The first kappa shape index (κ1) is 13.6. The summed E-state index contributed by atoms with van der Waals surface area (Å²) in [7, 11) is 0. The Morgan fingerprint density at radius 3 is 2.41 bits per heavy atom. The lowest BCUT2D eigenvalue weighted by Gasteiger charge is -2.15. The Bertz CT molecular complexity index is 349. The molecule has 0 fully saturated rings. The molecule has 0 aliphatic rings. The second-order valence-electron chi connectivity index (χ2n) is 4.27. The standard InChI is InChI=1S/C13H20N2O2/c1-2-4-11(5-3-10-14)12-6-8-13(9-7-12)15(16)17/h6-9,11H,2-5,10,14H2,1H3. The van der Waals surface area contributed by atoms with Gasteiger partial charge in [0.25, 0.3) is 5.69 Å². The average Bonchev–Trinajstić information content (AvgIpc) is 2.34. The van der Waals surface area contributed by atoms with E-state index in [2.05, 4.69) is 6.92 Å². The number of benzene rings is 1. The topological polar surface area (TPSA) is 69.2 Å². The summed E-state index contributed by atoms with van der Waals surface area (Å²) in [5.74, 6) is 0.476. The van der Waals surface area contributed by atoms with Crippen LogP contribution in [0, 0.1) is 10.1 Å². The van der Waals surface area contributed by atoms with Crippen LogP contribution < -0.4 is 5.73 Å². The lowest BCUT2D eigenvalue weighted by Crippen LogP contribution is -2.04. The number of hydrogen-bond donors (Lipinski definition) is 1. The van der Waals surface area contributed by atoms with E-state index in [9.17, 15) is 10.1 Å². The van der Waals surface area contributed by atoms with Gasteiger partial charge in [-0.3, -0.25) is 10.1 Å². The summed E-state index contributed by atoms with van der Waals surface area (Å²) >= 11 is 0. The van der Waals surface area contributed by atoms with Crippen molar-refractivity contribution in [1.29, 1.82) is 0 Å². The molecule has 0 spiro atoms. The van der Waals surface area contributed by atoms with E-state index in [-0.39, 0.29) is 10.6 Å². The highest BCUT2D eigenvalue weighted by Crippen LogP contribution is 2.27. The fourth-order valence-electron chi connectivity index (χ4n) is 2.06. The molecule has 1 aromatic carbocycles. The van der Waals surface area contributed by atoms with Crippen molar-refractivity contribution in [1.82, 2.24) is 0 Å². The Morgan fingerprint density at radius 1 is 1.29 bits per heavy atom. The van der Waals surface area contributed by atoms with E-state index in [0.717, 1.165) is 25.7 Å². The molecule has 0 heterocycles.